The molecule has 0 N–H and O–H groups in total. The lowest BCUT2D eigenvalue weighted by molar-refractivity contribution is 0.122. The molecule has 6 heteroatoms. The van der Waals surface area contributed by atoms with Crippen molar-refractivity contribution in [2.45, 2.75) is 13.8 Å². The number of morpholine rings is 1. The van der Waals surface area contributed by atoms with E-state index < -0.39 is 0 Å². The van der Waals surface area contributed by atoms with E-state index in [0.717, 1.165) is 54.3 Å². The average Bonchev–Trinajstić information content (AvgIpc) is 3.05. The molecular formula is C17H19N5O. The molecule has 6 nitrogen and oxygen atoms in total. The van der Waals surface area contributed by atoms with Crippen LogP contribution in [0.4, 0.5) is 5.69 Å². The maximum atomic E-state index is 5.42. The summed E-state index contributed by atoms with van der Waals surface area (Å²) in [7, 11) is 0. The van der Waals surface area contributed by atoms with Crippen LogP contribution >= 0.6 is 0 Å². The summed E-state index contributed by atoms with van der Waals surface area (Å²) in [6.07, 6.45) is 1.65. The Hall–Kier alpha value is -2.47. The van der Waals surface area contributed by atoms with Gasteiger partial charge in [-0.25, -0.2) is 0 Å². The largest absolute Gasteiger partial charge is 0.378 e. The Morgan fingerprint density at radius 2 is 1.78 bits per heavy atom. The Kier molecular flexibility index (Phi) is 3.46. The third-order valence-electron chi connectivity index (χ3n) is 4.46. The van der Waals surface area contributed by atoms with E-state index in [9.17, 15) is 0 Å². The van der Waals surface area contributed by atoms with Crippen LogP contribution in [-0.2, 0) is 4.74 Å². The predicted molar refractivity (Wildman–Crippen MR) is 88.7 cm³/mol. The Labute approximate surface area is 134 Å². The standard InChI is InChI=1S/C17H19N5O/c1-12-13(2)20-22-11-18-19-17(22)16(12)14-3-5-15(6-4-14)21-7-9-23-10-8-21/h3-6,11H,7-10H2,1-2H3. The summed E-state index contributed by atoms with van der Waals surface area (Å²) < 4.78 is 7.16. The smallest absolute Gasteiger partial charge is 0.185 e. The van der Waals surface area contributed by atoms with Crippen molar-refractivity contribution in [1.82, 2.24) is 19.8 Å². The van der Waals surface area contributed by atoms with Gasteiger partial charge >= 0.3 is 0 Å². The number of rotatable bonds is 2. The molecule has 4 rings (SSSR count). The molecule has 0 atom stereocenters. The molecule has 1 saturated heterocycles. The monoisotopic (exact) mass is 309 g/mol. The van der Waals surface area contributed by atoms with Crippen LogP contribution in [0, 0.1) is 13.8 Å². The summed E-state index contributed by atoms with van der Waals surface area (Å²) in [4.78, 5) is 2.35. The minimum atomic E-state index is 0.796. The third-order valence-corrected chi connectivity index (χ3v) is 4.46. The van der Waals surface area contributed by atoms with Gasteiger partial charge in [-0.3, -0.25) is 0 Å². The normalized spacial score (nSPS) is 15.3. The van der Waals surface area contributed by atoms with Gasteiger partial charge in [0.05, 0.1) is 18.9 Å². The fourth-order valence-electron chi connectivity index (χ4n) is 3.06. The molecule has 118 valence electrons. The van der Waals surface area contributed by atoms with Crippen LogP contribution in [-0.4, -0.2) is 46.1 Å². The Morgan fingerprint density at radius 3 is 2.52 bits per heavy atom. The number of hydrogen-bond donors (Lipinski definition) is 0. The van der Waals surface area contributed by atoms with Crippen molar-refractivity contribution >= 4 is 11.3 Å². The first-order valence-corrected chi connectivity index (χ1v) is 7.84. The van der Waals surface area contributed by atoms with Crippen LogP contribution in [0.2, 0.25) is 0 Å². The highest BCUT2D eigenvalue weighted by Gasteiger charge is 2.15. The van der Waals surface area contributed by atoms with E-state index in [1.165, 1.54) is 5.69 Å². The molecule has 0 amide bonds. The van der Waals surface area contributed by atoms with Crippen molar-refractivity contribution in [1.29, 1.82) is 0 Å². The summed E-state index contributed by atoms with van der Waals surface area (Å²) >= 11 is 0. The first-order valence-electron chi connectivity index (χ1n) is 7.84. The highest BCUT2D eigenvalue weighted by molar-refractivity contribution is 5.81. The number of anilines is 1. The van der Waals surface area contributed by atoms with Gasteiger partial charge in [-0.2, -0.15) is 9.61 Å². The lowest BCUT2D eigenvalue weighted by Gasteiger charge is -2.29. The van der Waals surface area contributed by atoms with Crippen LogP contribution in [0.25, 0.3) is 16.8 Å². The van der Waals surface area contributed by atoms with Crippen LogP contribution in [0.1, 0.15) is 11.3 Å². The van der Waals surface area contributed by atoms with Gasteiger partial charge in [0.15, 0.2) is 5.65 Å². The Balaban J connectivity index is 1.76. The number of aryl methyl sites for hydroxylation is 1. The van der Waals surface area contributed by atoms with Gasteiger partial charge in [0.25, 0.3) is 0 Å². The third kappa shape index (κ3) is 2.45. The first kappa shape index (κ1) is 14.1. The van der Waals surface area contributed by atoms with E-state index >= 15 is 0 Å². The molecule has 0 aliphatic carbocycles. The maximum Gasteiger partial charge on any atom is 0.185 e. The molecule has 0 bridgehead atoms. The Morgan fingerprint density at radius 1 is 1.04 bits per heavy atom. The minimum absolute atomic E-state index is 0.796. The zero-order chi connectivity index (χ0) is 15.8. The molecule has 1 aromatic carbocycles. The Bertz CT molecular complexity index is 834. The quantitative estimate of drug-likeness (QED) is 0.727. The van der Waals surface area contributed by atoms with E-state index in [1.807, 2.05) is 6.92 Å². The molecule has 23 heavy (non-hydrogen) atoms. The van der Waals surface area contributed by atoms with Gasteiger partial charge < -0.3 is 9.64 Å². The molecule has 0 radical (unpaired) electrons. The first-order chi connectivity index (χ1) is 11.2. The van der Waals surface area contributed by atoms with Crippen molar-refractivity contribution in [3.8, 4) is 11.1 Å². The molecule has 1 fully saturated rings. The van der Waals surface area contributed by atoms with Gasteiger partial charge in [0, 0.05) is 24.3 Å². The highest BCUT2D eigenvalue weighted by atomic mass is 16.5. The summed E-state index contributed by atoms with van der Waals surface area (Å²) in [5, 5.41) is 12.7. The molecule has 1 aliphatic rings. The summed E-state index contributed by atoms with van der Waals surface area (Å²) in [5.41, 5.74) is 6.41. The lowest BCUT2D eigenvalue weighted by atomic mass is 10.0. The number of nitrogens with zero attached hydrogens (tertiary/aromatic N) is 5. The zero-order valence-corrected chi connectivity index (χ0v) is 13.4. The summed E-state index contributed by atoms with van der Waals surface area (Å²) in [6, 6.07) is 8.65. The second kappa shape index (κ2) is 5.62. The van der Waals surface area contributed by atoms with Crippen LogP contribution in [0.3, 0.4) is 0 Å². The van der Waals surface area contributed by atoms with E-state index in [4.69, 9.17) is 4.74 Å². The average molecular weight is 309 g/mol. The second-order valence-corrected chi connectivity index (χ2v) is 5.83. The van der Waals surface area contributed by atoms with Crippen LogP contribution in [0.15, 0.2) is 30.6 Å². The zero-order valence-electron chi connectivity index (χ0n) is 13.4. The number of aromatic nitrogens is 4. The minimum Gasteiger partial charge on any atom is -0.378 e. The fraction of sp³-hybridized carbons (Fsp3) is 0.353. The summed E-state index contributed by atoms with van der Waals surface area (Å²) in [5.74, 6) is 0. The van der Waals surface area contributed by atoms with Crippen molar-refractivity contribution in [3.63, 3.8) is 0 Å². The molecule has 0 saturated carbocycles. The van der Waals surface area contributed by atoms with E-state index in [0.29, 0.717) is 0 Å². The van der Waals surface area contributed by atoms with Gasteiger partial charge in [-0.05, 0) is 37.1 Å². The summed E-state index contributed by atoms with van der Waals surface area (Å²) in [6.45, 7) is 7.58. The molecule has 3 heterocycles. The van der Waals surface area contributed by atoms with Gasteiger partial charge in [-0.1, -0.05) is 12.1 Å². The molecular weight excluding hydrogens is 290 g/mol. The van der Waals surface area contributed by atoms with Crippen molar-refractivity contribution in [2.75, 3.05) is 31.2 Å². The van der Waals surface area contributed by atoms with Gasteiger partial charge in [-0.15, -0.1) is 10.2 Å². The number of fused-ring (bicyclic) bond motifs is 1. The molecule has 0 unspecified atom stereocenters. The van der Waals surface area contributed by atoms with Gasteiger partial charge in [0.1, 0.15) is 6.33 Å². The van der Waals surface area contributed by atoms with Crippen LogP contribution < -0.4 is 4.90 Å². The number of hydrogen-bond acceptors (Lipinski definition) is 5. The van der Waals surface area contributed by atoms with Gasteiger partial charge in [0.2, 0.25) is 0 Å². The number of ether oxygens (including phenoxy) is 1. The molecule has 1 aliphatic heterocycles. The second-order valence-electron chi connectivity index (χ2n) is 5.83. The lowest BCUT2D eigenvalue weighted by Crippen LogP contribution is -2.36. The number of benzene rings is 1. The van der Waals surface area contributed by atoms with Crippen molar-refractivity contribution in [2.24, 2.45) is 0 Å². The fourth-order valence-corrected chi connectivity index (χ4v) is 3.06. The SMILES string of the molecule is Cc1nn2cnnc2c(-c2ccc(N3CCOCC3)cc2)c1C. The molecule has 0 spiro atoms. The van der Waals surface area contributed by atoms with E-state index in [1.54, 1.807) is 10.8 Å². The predicted octanol–water partition coefficient (Wildman–Crippen LogP) is 2.24. The molecule has 2 aromatic heterocycles. The molecule has 3 aromatic rings. The maximum absolute atomic E-state index is 5.42. The van der Waals surface area contributed by atoms with E-state index in [-0.39, 0.29) is 0 Å². The van der Waals surface area contributed by atoms with E-state index in [2.05, 4.69) is 51.4 Å². The highest BCUT2D eigenvalue weighted by Crippen LogP contribution is 2.30. The van der Waals surface area contributed by atoms with Crippen molar-refractivity contribution in [3.05, 3.63) is 41.9 Å². The van der Waals surface area contributed by atoms with Crippen molar-refractivity contribution < 1.29 is 4.74 Å². The topological polar surface area (TPSA) is 55.5 Å². The van der Waals surface area contributed by atoms with Crippen LogP contribution in [0.5, 0.6) is 0 Å².